The van der Waals surface area contributed by atoms with Crippen molar-refractivity contribution in [1.29, 1.82) is 0 Å². The van der Waals surface area contributed by atoms with E-state index in [0.717, 1.165) is 32.1 Å². The van der Waals surface area contributed by atoms with Crippen molar-refractivity contribution in [2.45, 2.75) is 187 Å². The van der Waals surface area contributed by atoms with E-state index in [2.05, 4.69) is 38.2 Å². The molecule has 0 fully saturated rings. The molecule has 4 heteroatoms. The molecule has 1 N–H and O–H groups in total. The van der Waals surface area contributed by atoms with Crippen LogP contribution in [0.3, 0.4) is 0 Å². The third kappa shape index (κ3) is 30.8. The number of aliphatic carboxylic acids is 1. The van der Waals surface area contributed by atoms with Gasteiger partial charge in [-0.3, -0.25) is 9.59 Å². The molecule has 0 saturated heterocycles. The number of hydrogen-bond donors (Lipinski definition) is 1. The molecule has 0 amide bonds. The molecular formula is C35H64O4. The van der Waals surface area contributed by atoms with Crippen molar-refractivity contribution in [3.05, 3.63) is 24.3 Å². The maximum Gasteiger partial charge on any atom is 0.307 e. The summed E-state index contributed by atoms with van der Waals surface area (Å²) in [4.78, 5) is 23.4. The summed E-state index contributed by atoms with van der Waals surface area (Å²) in [5.74, 6) is -1.11. The van der Waals surface area contributed by atoms with Crippen molar-refractivity contribution >= 4 is 11.9 Å². The molecule has 0 aliphatic carbocycles. The molecule has 0 aromatic heterocycles. The van der Waals surface area contributed by atoms with Crippen LogP contribution in [0.15, 0.2) is 24.3 Å². The van der Waals surface area contributed by atoms with E-state index in [1.165, 1.54) is 116 Å². The summed E-state index contributed by atoms with van der Waals surface area (Å²) in [6.45, 7) is 4.47. The van der Waals surface area contributed by atoms with E-state index >= 15 is 0 Å². The third-order valence-corrected chi connectivity index (χ3v) is 7.41. The monoisotopic (exact) mass is 548 g/mol. The molecule has 0 rings (SSSR count). The molecule has 4 nitrogen and oxygen atoms in total. The molecule has 1 atom stereocenters. The highest BCUT2D eigenvalue weighted by atomic mass is 16.5. The van der Waals surface area contributed by atoms with Crippen molar-refractivity contribution in [3.63, 3.8) is 0 Å². The van der Waals surface area contributed by atoms with Gasteiger partial charge in [0.2, 0.25) is 0 Å². The van der Waals surface area contributed by atoms with Crippen LogP contribution in [-0.4, -0.2) is 23.1 Å². The van der Waals surface area contributed by atoms with Crippen molar-refractivity contribution < 1.29 is 19.4 Å². The zero-order valence-corrected chi connectivity index (χ0v) is 25.9. The Morgan fingerprint density at radius 1 is 0.590 bits per heavy atom. The van der Waals surface area contributed by atoms with E-state index in [0.29, 0.717) is 12.8 Å². The van der Waals surface area contributed by atoms with E-state index in [9.17, 15) is 9.59 Å². The number of carbonyl (C=O) groups excluding carboxylic acids is 1. The van der Waals surface area contributed by atoms with Crippen molar-refractivity contribution in [2.75, 3.05) is 0 Å². The SMILES string of the molecule is CCCCC/C=C\C/C=C\CCCCCCCCCCCC(=O)OC(CCCCCCCCCC)CC(=O)O. The third-order valence-electron chi connectivity index (χ3n) is 7.41. The van der Waals surface area contributed by atoms with Gasteiger partial charge in [0.15, 0.2) is 0 Å². The van der Waals surface area contributed by atoms with Gasteiger partial charge in [0.05, 0.1) is 6.42 Å². The predicted octanol–water partition coefficient (Wildman–Crippen LogP) is 11.3. The zero-order valence-electron chi connectivity index (χ0n) is 25.9. The Morgan fingerprint density at radius 2 is 1.03 bits per heavy atom. The normalized spacial score (nSPS) is 12.5. The lowest BCUT2D eigenvalue weighted by Crippen LogP contribution is -2.21. The van der Waals surface area contributed by atoms with Crippen LogP contribution < -0.4 is 0 Å². The highest BCUT2D eigenvalue weighted by Crippen LogP contribution is 2.16. The highest BCUT2D eigenvalue weighted by molar-refractivity contribution is 5.71. The fourth-order valence-electron chi connectivity index (χ4n) is 4.94. The molecule has 0 saturated carbocycles. The van der Waals surface area contributed by atoms with Crippen molar-refractivity contribution in [1.82, 2.24) is 0 Å². The van der Waals surface area contributed by atoms with Gasteiger partial charge in [-0.1, -0.05) is 141 Å². The Balaban J connectivity index is 3.62. The van der Waals surface area contributed by atoms with Gasteiger partial charge in [0.25, 0.3) is 0 Å². The molecule has 0 aliphatic rings. The van der Waals surface area contributed by atoms with Crippen LogP contribution in [0.1, 0.15) is 181 Å². The summed E-state index contributed by atoms with van der Waals surface area (Å²) in [7, 11) is 0. The number of hydrogen-bond acceptors (Lipinski definition) is 3. The Morgan fingerprint density at radius 3 is 1.56 bits per heavy atom. The topological polar surface area (TPSA) is 63.6 Å². The van der Waals surface area contributed by atoms with Crippen LogP contribution in [0.25, 0.3) is 0 Å². The molecule has 0 aromatic rings. The molecule has 228 valence electrons. The van der Waals surface area contributed by atoms with Gasteiger partial charge in [-0.05, 0) is 51.4 Å². The van der Waals surface area contributed by atoms with E-state index < -0.39 is 12.1 Å². The lowest BCUT2D eigenvalue weighted by molar-refractivity contribution is -0.153. The van der Waals surface area contributed by atoms with Crippen LogP contribution in [0.2, 0.25) is 0 Å². The fourth-order valence-corrected chi connectivity index (χ4v) is 4.94. The maximum atomic E-state index is 12.2. The molecule has 0 bridgehead atoms. The summed E-state index contributed by atoms with van der Waals surface area (Å²) in [5.41, 5.74) is 0. The first-order valence-electron chi connectivity index (χ1n) is 16.8. The number of carboxylic acids is 1. The fraction of sp³-hybridized carbons (Fsp3) is 0.829. The second-order valence-corrected chi connectivity index (χ2v) is 11.4. The molecule has 0 spiro atoms. The van der Waals surface area contributed by atoms with Gasteiger partial charge in [-0.25, -0.2) is 0 Å². The van der Waals surface area contributed by atoms with Gasteiger partial charge in [-0.15, -0.1) is 0 Å². The molecule has 1 unspecified atom stereocenters. The lowest BCUT2D eigenvalue weighted by Gasteiger charge is -2.16. The summed E-state index contributed by atoms with van der Waals surface area (Å²) in [5, 5.41) is 9.17. The second-order valence-electron chi connectivity index (χ2n) is 11.4. The van der Waals surface area contributed by atoms with Gasteiger partial charge in [0, 0.05) is 6.42 Å². The summed E-state index contributed by atoms with van der Waals surface area (Å²) < 4.78 is 5.53. The van der Waals surface area contributed by atoms with Gasteiger partial charge < -0.3 is 9.84 Å². The minimum atomic E-state index is -0.884. The van der Waals surface area contributed by atoms with Crippen LogP contribution in [0.4, 0.5) is 0 Å². The number of allylic oxidation sites excluding steroid dienone is 4. The van der Waals surface area contributed by atoms with Crippen LogP contribution in [0.5, 0.6) is 0 Å². The largest absolute Gasteiger partial charge is 0.481 e. The molecule has 39 heavy (non-hydrogen) atoms. The van der Waals surface area contributed by atoms with E-state index in [1.807, 2.05) is 0 Å². The standard InChI is InChI=1S/C35H64O4/c1-3-5-7-9-11-13-14-15-16-17-18-19-20-21-22-23-25-27-29-31-35(38)39-33(32-34(36)37)30-28-26-24-12-10-8-6-4-2/h11,13,15-16,33H,3-10,12,14,17-32H2,1-2H3,(H,36,37)/b13-11-,16-15-. The van der Waals surface area contributed by atoms with E-state index in [1.54, 1.807) is 0 Å². The minimum absolute atomic E-state index is 0.0743. The average Bonchev–Trinajstić information content (AvgIpc) is 2.91. The molecular weight excluding hydrogens is 484 g/mol. The smallest absolute Gasteiger partial charge is 0.307 e. The summed E-state index contributed by atoms with van der Waals surface area (Å²) in [6.07, 6.45) is 37.7. The number of esters is 1. The first kappa shape index (κ1) is 37.4. The first-order chi connectivity index (χ1) is 19.1. The average molecular weight is 549 g/mol. The Labute approximate surface area is 242 Å². The number of unbranched alkanes of at least 4 members (excludes halogenated alkanes) is 19. The predicted molar refractivity (Wildman–Crippen MR) is 167 cm³/mol. The number of ether oxygens (including phenoxy) is 1. The quantitative estimate of drug-likeness (QED) is 0.0550. The molecule has 0 radical (unpaired) electrons. The number of carbonyl (C=O) groups is 2. The van der Waals surface area contributed by atoms with Gasteiger partial charge in [-0.2, -0.15) is 0 Å². The molecule has 0 aliphatic heterocycles. The first-order valence-corrected chi connectivity index (χ1v) is 16.8. The van der Waals surface area contributed by atoms with E-state index in [-0.39, 0.29) is 12.4 Å². The van der Waals surface area contributed by atoms with Crippen molar-refractivity contribution in [2.24, 2.45) is 0 Å². The number of rotatable bonds is 30. The minimum Gasteiger partial charge on any atom is -0.481 e. The number of carboxylic acid groups (broad SMARTS) is 1. The highest BCUT2D eigenvalue weighted by Gasteiger charge is 2.17. The van der Waals surface area contributed by atoms with Gasteiger partial charge in [0.1, 0.15) is 6.10 Å². The summed E-state index contributed by atoms with van der Waals surface area (Å²) in [6, 6.07) is 0. The van der Waals surface area contributed by atoms with Crippen LogP contribution in [-0.2, 0) is 14.3 Å². The van der Waals surface area contributed by atoms with Crippen molar-refractivity contribution in [3.8, 4) is 0 Å². The lowest BCUT2D eigenvalue weighted by atomic mass is 10.0. The summed E-state index contributed by atoms with van der Waals surface area (Å²) >= 11 is 0. The second kappa shape index (κ2) is 31.0. The Bertz CT molecular complexity index is 595. The van der Waals surface area contributed by atoms with Gasteiger partial charge >= 0.3 is 11.9 Å². The Kier molecular flexibility index (Phi) is 29.7. The molecule has 0 heterocycles. The Hall–Kier alpha value is -1.58. The zero-order chi connectivity index (χ0) is 28.7. The maximum absolute atomic E-state index is 12.2. The van der Waals surface area contributed by atoms with Crippen LogP contribution in [0, 0.1) is 0 Å². The molecule has 0 aromatic carbocycles. The van der Waals surface area contributed by atoms with Crippen LogP contribution >= 0.6 is 0 Å². The van der Waals surface area contributed by atoms with E-state index in [4.69, 9.17) is 9.84 Å².